The molecule has 0 unspecified atom stereocenters. The highest BCUT2D eigenvalue weighted by molar-refractivity contribution is 9.10. The van der Waals surface area contributed by atoms with E-state index in [2.05, 4.69) is 15.9 Å². The third-order valence-corrected chi connectivity index (χ3v) is 3.13. The minimum absolute atomic E-state index is 0.210. The number of hydroxylamine groups is 1. The third kappa shape index (κ3) is 4.00. The quantitative estimate of drug-likeness (QED) is 0.499. The predicted octanol–water partition coefficient (Wildman–Crippen LogP) is 2.77. The molecule has 0 aliphatic carbocycles. The molecule has 1 aromatic carbocycles. The molecule has 0 saturated heterocycles. The molecule has 1 aromatic rings. The zero-order valence-corrected chi connectivity index (χ0v) is 10.7. The van der Waals surface area contributed by atoms with Gasteiger partial charge in [-0.05, 0) is 34.5 Å². The Balaban J connectivity index is 2.38. The number of benzene rings is 1. The molecule has 0 aromatic heterocycles. The Morgan fingerprint density at radius 2 is 2.31 bits per heavy atom. The van der Waals surface area contributed by atoms with Gasteiger partial charge in [0.15, 0.2) is 0 Å². The maximum absolute atomic E-state index is 10.7. The van der Waals surface area contributed by atoms with Gasteiger partial charge in [-0.15, -0.1) is 0 Å². The topological polar surface area (TPSA) is 58.6 Å². The van der Waals surface area contributed by atoms with Crippen molar-refractivity contribution in [2.24, 2.45) is 0 Å². The highest BCUT2D eigenvalue weighted by Gasteiger charge is 2.05. The van der Waals surface area contributed by atoms with E-state index >= 15 is 0 Å². The van der Waals surface area contributed by atoms with Gasteiger partial charge in [0.05, 0.1) is 11.6 Å². The van der Waals surface area contributed by atoms with Crippen molar-refractivity contribution in [2.75, 3.05) is 6.61 Å². The third-order valence-electron chi connectivity index (χ3n) is 1.85. The van der Waals surface area contributed by atoms with E-state index < -0.39 is 5.91 Å². The Labute approximate surface area is 107 Å². The molecule has 0 atom stereocenters. The average Bonchev–Trinajstić information content (AvgIpc) is 2.29. The highest BCUT2D eigenvalue weighted by atomic mass is 79.9. The molecule has 4 nitrogen and oxygen atoms in total. The van der Waals surface area contributed by atoms with Gasteiger partial charge in [0.2, 0.25) is 5.91 Å². The van der Waals surface area contributed by atoms with Gasteiger partial charge in [0, 0.05) is 10.9 Å². The molecule has 6 heteroatoms. The first-order chi connectivity index (χ1) is 7.65. The molecule has 0 saturated carbocycles. The monoisotopic (exact) mass is 307 g/mol. The van der Waals surface area contributed by atoms with E-state index in [4.69, 9.17) is 21.5 Å². The number of rotatable bonds is 5. The number of carbonyl (C=O) groups is 1. The van der Waals surface area contributed by atoms with Crippen molar-refractivity contribution in [3.8, 4) is 5.75 Å². The maximum Gasteiger partial charge on any atom is 0.243 e. The second kappa shape index (κ2) is 6.73. The van der Waals surface area contributed by atoms with Crippen molar-refractivity contribution in [3.05, 3.63) is 27.7 Å². The molecule has 0 heterocycles. The molecular formula is C10H11BrClNO3. The lowest BCUT2D eigenvalue weighted by atomic mass is 10.3. The van der Waals surface area contributed by atoms with E-state index in [9.17, 15) is 4.79 Å². The standard InChI is InChI=1S/C10H11BrClNO3/c11-7-3-1-4-8(10(7)12)16-6-2-5-9(14)13-15/h1,3-4,15H,2,5-6H2,(H,13,14). The summed E-state index contributed by atoms with van der Waals surface area (Å²) in [5.41, 5.74) is 1.56. The van der Waals surface area contributed by atoms with E-state index in [0.717, 1.165) is 4.47 Å². The number of amides is 1. The van der Waals surface area contributed by atoms with Gasteiger partial charge in [-0.1, -0.05) is 17.7 Å². The van der Waals surface area contributed by atoms with Crippen LogP contribution in [0.1, 0.15) is 12.8 Å². The largest absolute Gasteiger partial charge is 0.492 e. The van der Waals surface area contributed by atoms with Crippen LogP contribution in [0.25, 0.3) is 0 Å². The first-order valence-electron chi connectivity index (χ1n) is 4.65. The summed E-state index contributed by atoms with van der Waals surface area (Å²) < 4.78 is 6.15. The molecule has 0 radical (unpaired) electrons. The van der Waals surface area contributed by atoms with Gasteiger partial charge >= 0.3 is 0 Å². The normalized spacial score (nSPS) is 9.94. The minimum Gasteiger partial charge on any atom is -0.492 e. The summed E-state index contributed by atoms with van der Waals surface area (Å²) in [5.74, 6) is 0.143. The van der Waals surface area contributed by atoms with Crippen molar-refractivity contribution in [2.45, 2.75) is 12.8 Å². The fourth-order valence-electron chi connectivity index (χ4n) is 1.07. The molecular weight excluding hydrogens is 297 g/mol. The number of carbonyl (C=O) groups excluding carboxylic acids is 1. The van der Waals surface area contributed by atoms with Crippen LogP contribution in [0.3, 0.4) is 0 Å². The summed E-state index contributed by atoms with van der Waals surface area (Å²) in [6, 6.07) is 5.37. The summed E-state index contributed by atoms with van der Waals surface area (Å²) in [5, 5.41) is 8.77. The molecule has 1 rings (SSSR count). The van der Waals surface area contributed by atoms with Gasteiger partial charge in [-0.3, -0.25) is 10.0 Å². The molecule has 16 heavy (non-hydrogen) atoms. The Bertz CT molecular complexity index is 373. The summed E-state index contributed by atoms with van der Waals surface area (Å²) in [4.78, 5) is 10.7. The maximum atomic E-state index is 10.7. The van der Waals surface area contributed by atoms with Crippen molar-refractivity contribution >= 4 is 33.4 Å². The van der Waals surface area contributed by atoms with Gasteiger partial charge < -0.3 is 4.74 Å². The van der Waals surface area contributed by atoms with Crippen LogP contribution in [0.4, 0.5) is 0 Å². The minimum atomic E-state index is -0.427. The van der Waals surface area contributed by atoms with Gasteiger partial charge in [0.25, 0.3) is 0 Å². The first-order valence-corrected chi connectivity index (χ1v) is 5.82. The van der Waals surface area contributed by atoms with Gasteiger partial charge in [-0.25, -0.2) is 5.48 Å². The van der Waals surface area contributed by atoms with Crippen molar-refractivity contribution in [1.82, 2.24) is 5.48 Å². The van der Waals surface area contributed by atoms with Crippen LogP contribution in [0.5, 0.6) is 5.75 Å². The van der Waals surface area contributed by atoms with Crippen molar-refractivity contribution in [3.63, 3.8) is 0 Å². The smallest absolute Gasteiger partial charge is 0.243 e. The van der Waals surface area contributed by atoms with Gasteiger partial charge in [0.1, 0.15) is 5.75 Å². The van der Waals surface area contributed by atoms with Crippen LogP contribution in [0.15, 0.2) is 22.7 Å². The molecule has 0 fully saturated rings. The molecule has 2 N–H and O–H groups in total. The Hall–Kier alpha value is -0.780. The Morgan fingerprint density at radius 3 is 3.00 bits per heavy atom. The van der Waals surface area contributed by atoms with E-state index in [1.54, 1.807) is 11.5 Å². The second-order valence-electron chi connectivity index (χ2n) is 3.04. The highest BCUT2D eigenvalue weighted by Crippen LogP contribution is 2.31. The van der Waals surface area contributed by atoms with Gasteiger partial charge in [-0.2, -0.15) is 0 Å². The Kier molecular flexibility index (Phi) is 5.59. The SMILES string of the molecule is O=C(CCCOc1cccc(Br)c1Cl)NO. The van der Waals surface area contributed by atoms with E-state index in [-0.39, 0.29) is 6.42 Å². The average molecular weight is 309 g/mol. The summed E-state index contributed by atoms with van der Waals surface area (Å²) in [6.07, 6.45) is 0.720. The van der Waals surface area contributed by atoms with Crippen LogP contribution in [-0.4, -0.2) is 17.7 Å². The molecule has 0 spiro atoms. The Morgan fingerprint density at radius 1 is 1.56 bits per heavy atom. The number of ether oxygens (including phenoxy) is 1. The second-order valence-corrected chi connectivity index (χ2v) is 4.27. The summed E-state index contributed by atoms with van der Waals surface area (Å²) in [6.45, 7) is 0.365. The molecule has 0 aliphatic rings. The lowest BCUT2D eigenvalue weighted by molar-refractivity contribution is -0.129. The lowest BCUT2D eigenvalue weighted by Crippen LogP contribution is -2.18. The number of nitrogens with one attached hydrogen (secondary N) is 1. The van der Waals surface area contributed by atoms with Crippen LogP contribution in [0.2, 0.25) is 5.02 Å². The zero-order chi connectivity index (χ0) is 12.0. The lowest BCUT2D eigenvalue weighted by Gasteiger charge is -2.08. The number of hydrogen-bond donors (Lipinski definition) is 2. The summed E-state index contributed by atoms with van der Waals surface area (Å²) in [7, 11) is 0. The number of halogens is 2. The molecule has 88 valence electrons. The van der Waals surface area contributed by atoms with Crippen LogP contribution >= 0.6 is 27.5 Å². The summed E-state index contributed by atoms with van der Waals surface area (Å²) >= 11 is 9.25. The number of hydrogen-bond acceptors (Lipinski definition) is 3. The van der Waals surface area contributed by atoms with Crippen LogP contribution in [-0.2, 0) is 4.79 Å². The fourth-order valence-corrected chi connectivity index (χ4v) is 1.59. The predicted molar refractivity (Wildman–Crippen MR) is 63.8 cm³/mol. The molecule has 0 aliphatic heterocycles. The zero-order valence-electron chi connectivity index (χ0n) is 8.37. The van der Waals surface area contributed by atoms with E-state index in [1.165, 1.54) is 0 Å². The van der Waals surface area contributed by atoms with E-state index in [1.807, 2.05) is 12.1 Å². The van der Waals surface area contributed by atoms with Crippen LogP contribution < -0.4 is 10.2 Å². The first kappa shape index (κ1) is 13.3. The molecule has 0 bridgehead atoms. The van der Waals surface area contributed by atoms with Crippen LogP contribution in [0, 0.1) is 0 Å². The van der Waals surface area contributed by atoms with Crippen molar-refractivity contribution in [1.29, 1.82) is 0 Å². The fraction of sp³-hybridized carbons (Fsp3) is 0.300. The van der Waals surface area contributed by atoms with E-state index in [0.29, 0.717) is 23.8 Å². The molecule has 1 amide bonds. The van der Waals surface area contributed by atoms with Crippen molar-refractivity contribution < 1.29 is 14.7 Å².